The highest BCUT2D eigenvalue weighted by Crippen LogP contribution is 2.37. The van der Waals surface area contributed by atoms with E-state index in [0.29, 0.717) is 35.4 Å². The number of halogens is 1. The fraction of sp³-hybridized carbons (Fsp3) is 0.480. The molecule has 4 atom stereocenters. The van der Waals surface area contributed by atoms with Crippen molar-refractivity contribution in [2.45, 2.75) is 51.9 Å². The molecular weight excluding hydrogens is 522 g/mol. The van der Waals surface area contributed by atoms with E-state index in [2.05, 4.69) is 15.9 Å². The van der Waals surface area contributed by atoms with Gasteiger partial charge in [-0.3, -0.25) is 9.59 Å². The van der Waals surface area contributed by atoms with Crippen LogP contribution in [0.5, 0.6) is 0 Å². The van der Waals surface area contributed by atoms with E-state index in [4.69, 9.17) is 23.7 Å². The lowest BCUT2D eigenvalue weighted by Gasteiger charge is -2.26. The fourth-order valence-electron chi connectivity index (χ4n) is 4.02. The van der Waals surface area contributed by atoms with Gasteiger partial charge in [0.2, 0.25) is 5.91 Å². The predicted molar refractivity (Wildman–Crippen MR) is 128 cm³/mol. The zero-order valence-electron chi connectivity index (χ0n) is 19.9. The summed E-state index contributed by atoms with van der Waals surface area (Å²) in [6.45, 7) is 5.25. The van der Waals surface area contributed by atoms with Crippen LogP contribution in [0.4, 0.5) is 4.79 Å². The third kappa shape index (κ3) is 6.50. The van der Waals surface area contributed by atoms with Crippen LogP contribution in [-0.4, -0.2) is 53.8 Å². The highest BCUT2D eigenvalue weighted by atomic mass is 79.9. The predicted octanol–water partition coefficient (Wildman–Crippen LogP) is 4.33. The number of aliphatic hydroxyl groups is 1. The average Bonchev–Trinajstić information content (AvgIpc) is 3.35. The Kier molecular flexibility index (Phi) is 9.47. The first-order valence-electron chi connectivity index (χ1n) is 11.5. The molecule has 2 heterocycles. The number of hydrogen-bond acceptors (Lipinski definition) is 8. The van der Waals surface area contributed by atoms with Crippen molar-refractivity contribution in [1.82, 2.24) is 4.90 Å². The summed E-state index contributed by atoms with van der Waals surface area (Å²) in [5.41, 5.74) is 0.787. The molecule has 1 fully saturated rings. The Bertz CT molecular complexity index is 1020. The van der Waals surface area contributed by atoms with Crippen LogP contribution in [0, 0.1) is 5.92 Å². The SMILES string of the molecule is CC(=O)OC(c1cc(Br)c(CCCOCCO)o1)C(C)C(=O)N1C(=O)OC(c2ccccc2)C1C. The standard InChI is InChI=1S/C25H30BrNO8/c1-15(24(30)27-16(2)23(35-25(27)31)18-8-5-4-6-9-18)22(33-17(3)29)21-14-19(26)20(34-21)10-7-12-32-13-11-28/h4-6,8-9,14-16,22-23,28H,7,10-13H2,1-3H3. The van der Waals surface area contributed by atoms with Crippen molar-refractivity contribution in [2.24, 2.45) is 5.92 Å². The third-order valence-corrected chi connectivity index (χ3v) is 6.43. The first kappa shape index (κ1) is 26.9. The lowest BCUT2D eigenvalue weighted by Crippen LogP contribution is -2.43. The normalized spacial score (nSPS) is 19.3. The third-order valence-electron chi connectivity index (χ3n) is 5.76. The first-order chi connectivity index (χ1) is 16.7. The van der Waals surface area contributed by atoms with E-state index in [0.717, 1.165) is 10.5 Å². The van der Waals surface area contributed by atoms with Gasteiger partial charge in [-0.2, -0.15) is 0 Å². The van der Waals surface area contributed by atoms with Crippen molar-refractivity contribution < 1.29 is 38.1 Å². The summed E-state index contributed by atoms with van der Waals surface area (Å²) in [5.74, 6) is -1.12. The number of carbonyl (C=O) groups is 3. The topological polar surface area (TPSA) is 116 Å². The van der Waals surface area contributed by atoms with Gasteiger partial charge in [-0.1, -0.05) is 30.3 Å². The van der Waals surface area contributed by atoms with Crippen LogP contribution in [0.25, 0.3) is 0 Å². The lowest BCUT2D eigenvalue weighted by atomic mass is 9.98. The molecule has 1 aromatic heterocycles. The van der Waals surface area contributed by atoms with Crippen LogP contribution in [-0.2, 0) is 30.2 Å². The number of cyclic esters (lactones) is 1. The van der Waals surface area contributed by atoms with Gasteiger partial charge in [0, 0.05) is 20.0 Å². The molecule has 0 saturated carbocycles. The van der Waals surface area contributed by atoms with Crippen molar-refractivity contribution >= 4 is 33.9 Å². The highest BCUT2D eigenvalue weighted by Gasteiger charge is 2.46. The van der Waals surface area contributed by atoms with Crippen LogP contribution in [0.2, 0.25) is 0 Å². The maximum atomic E-state index is 13.4. The van der Waals surface area contributed by atoms with Gasteiger partial charge in [-0.25, -0.2) is 9.69 Å². The number of esters is 1. The van der Waals surface area contributed by atoms with E-state index in [9.17, 15) is 14.4 Å². The van der Waals surface area contributed by atoms with Crippen LogP contribution >= 0.6 is 15.9 Å². The number of aryl methyl sites for hydroxylation is 1. The number of ether oxygens (including phenoxy) is 3. The number of benzene rings is 1. The molecular formula is C25H30BrNO8. The molecule has 35 heavy (non-hydrogen) atoms. The van der Waals surface area contributed by atoms with E-state index in [1.54, 1.807) is 19.9 Å². The molecule has 0 radical (unpaired) electrons. The van der Waals surface area contributed by atoms with E-state index >= 15 is 0 Å². The minimum atomic E-state index is -1.04. The summed E-state index contributed by atoms with van der Waals surface area (Å²) in [6, 6.07) is 10.3. The van der Waals surface area contributed by atoms with Crippen LogP contribution in [0.15, 0.2) is 45.3 Å². The summed E-state index contributed by atoms with van der Waals surface area (Å²) in [7, 11) is 0. The Morgan fingerprint density at radius 2 is 1.94 bits per heavy atom. The van der Waals surface area contributed by atoms with Crippen LogP contribution in [0.1, 0.15) is 56.5 Å². The summed E-state index contributed by atoms with van der Waals surface area (Å²) in [5, 5.41) is 8.79. The van der Waals surface area contributed by atoms with Crippen molar-refractivity contribution in [1.29, 1.82) is 0 Å². The van der Waals surface area contributed by atoms with Gasteiger partial charge in [0.15, 0.2) is 6.10 Å². The number of rotatable bonds is 11. The zero-order valence-corrected chi connectivity index (χ0v) is 21.5. The maximum Gasteiger partial charge on any atom is 0.417 e. The zero-order chi connectivity index (χ0) is 25.5. The number of amides is 2. The summed E-state index contributed by atoms with van der Waals surface area (Å²) in [6.07, 6.45) is -1.18. The van der Waals surface area contributed by atoms with Crippen LogP contribution in [0.3, 0.4) is 0 Å². The Balaban J connectivity index is 1.77. The van der Waals surface area contributed by atoms with Crippen molar-refractivity contribution in [2.75, 3.05) is 19.8 Å². The van der Waals surface area contributed by atoms with Gasteiger partial charge >= 0.3 is 12.1 Å². The van der Waals surface area contributed by atoms with Gasteiger partial charge < -0.3 is 23.7 Å². The van der Waals surface area contributed by atoms with Gasteiger partial charge in [-0.15, -0.1) is 0 Å². The minimum Gasteiger partial charge on any atom is -0.461 e. The first-order valence-corrected chi connectivity index (χ1v) is 12.3. The van der Waals surface area contributed by atoms with Crippen molar-refractivity contribution in [3.8, 4) is 0 Å². The molecule has 190 valence electrons. The quantitative estimate of drug-likeness (QED) is 0.324. The number of imide groups is 1. The molecule has 0 aliphatic carbocycles. The van der Waals surface area contributed by atoms with Crippen molar-refractivity contribution in [3.05, 3.63) is 58.0 Å². The monoisotopic (exact) mass is 551 g/mol. The molecule has 0 bridgehead atoms. The Morgan fingerprint density at radius 1 is 1.23 bits per heavy atom. The molecule has 1 N–H and O–H groups in total. The average molecular weight is 552 g/mol. The van der Waals surface area contributed by atoms with Gasteiger partial charge in [0.25, 0.3) is 0 Å². The number of nitrogens with zero attached hydrogens (tertiary/aromatic N) is 1. The van der Waals surface area contributed by atoms with Crippen LogP contribution < -0.4 is 0 Å². The number of carbonyl (C=O) groups excluding carboxylic acids is 3. The highest BCUT2D eigenvalue weighted by molar-refractivity contribution is 9.10. The number of hydrogen-bond donors (Lipinski definition) is 1. The molecule has 2 aromatic rings. The lowest BCUT2D eigenvalue weighted by molar-refractivity contribution is -0.154. The summed E-state index contributed by atoms with van der Waals surface area (Å²) < 4.78 is 22.9. The van der Waals surface area contributed by atoms with E-state index < -0.39 is 42.1 Å². The minimum absolute atomic E-state index is 0.0418. The Hall–Kier alpha value is -2.69. The van der Waals surface area contributed by atoms with Gasteiger partial charge in [0.1, 0.15) is 17.6 Å². The second-order valence-corrected chi connectivity index (χ2v) is 9.20. The smallest absolute Gasteiger partial charge is 0.417 e. The molecule has 1 aliphatic heterocycles. The summed E-state index contributed by atoms with van der Waals surface area (Å²) >= 11 is 3.46. The van der Waals surface area contributed by atoms with Gasteiger partial charge in [-0.05, 0) is 47.8 Å². The summed E-state index contributed by atoms with van der Waals surface area (Å²) in [4.78, 5) is 39.1. The molecule has 3 rings (SSSR count). The largest absolute Gasteiger partial charge is 0.461 e. The fourth-order valence-corrected chi connectivity index (χ4v) is 4.52. The van der Waals surface area contributed by atoms with E-state index in [-0.39, 0.29) is 13.2 Å². The Labute approximate surface area is 212 Å². The molecule has 2 amide bonds. The number of furan rings is 1. The molecule has 1 aromatic carbocycles. The van der Waals surface area contributed by atoms with Crippen molar-refractivity contribution in [3.63, 3.8) is 0 Å². The molecule has 1 saturated heterocycles. The van der Waals surface area contributed by atoms with E-state index in [1.165, 1.54) is 6.92 Å². The van der Waals surface area contributed by atoms with Gasteiger partial charge in [0.05, 0.1) is 29.6 Å². The second kappa shape index (κ2) is 12.3. The Morgan fingerprint density at radius 3 is 2.60 bits per heavy atom. The molecule has 1 aliphatic rings. The second-order valence-electron chi connectivity index (χ2n) is 8.34. The molecule has 9 nitrogen and oxygen atoms in total. The molecule has 10 heteroatoms. The molecule has 0 spiro atoms. The number of aliphatic hydroxyl groups excluding tert-OH is 1. The van der Waals surface area contributed by atoms with E-state index in [1.807, 2.05) is 30.3 Å². The maximum absolute atomic E-state index is 13.4. The molecule has 4 unspecified atom stereocenters.